The number of benzene rings is 2. The van der Waals surface area contributed by atoms with Crippen LogP contribution < -0.4 is 0 Å². The lowest BCUT2D eigenvalue weighted by atomic mass is 10.1. The largest absolute Gasteiger partial charge is 0.508 e. The molecule has 0 fully saturated rings. The quantitative estimate of drug-likeness (QED) is 0.456. The highest BCUT2D eigenvalue weighted by Gasteiger charge is 2.14. The summed E-state index contributed by atoms with van der Waals surface area (Å²) in [4.78, 5) is 4.78. The predicted molar refractivity (Wildman–Crippen MR) is 107 cm³/mol. The van der Waals surface area contributed by atoms with Crippen LogP contribution in [0.5, 0.6) is 5.75 Å². The zero-order valence-corrected chi connectivity index (χ0v) is 15.3. The molecule has 2 heterocycles. The molecule has 134 valence electrons. The van der Waals surface area contributed by atoms with Crippen molar-refractivity contribution in [3.8, 4) is 17.0 Å². The molecule has 0 saturated carbocycles. The minimum absolute atomic E-state index is 0.205. The molecular formula is C22H20N4O. The number of pyridine rings is 1. The predicted octanol–water partition coefficient (Wildman–Crippen LogP) is 5.99. The first-order valence-corrected chi connectivity index (χ1v) is 8.93. The molecule has 0 amide bonds. The second-order valence-electron chi connectivity index (χ2n) is 6.49. The van der Waals surface area contributed by atoms with Crippen LogP contribution in [0.25, 0.3) is 16.9 Å². The van der Waals surface area contributed by atoms with Gasteiger partial charge in [-0.15, -0.1) is 10.2 Å². The van der Waals surface area contributed by atoms with E-state index in [1.165, 1.54) is 5.56 Å². The summed E-state index contributed by atoms with van der Waals surface area (Å²) in [6.45, 7) is 4.18. The SMILES string of the molecule is CCc1ccc(-c2nc3ccc(C)cn3c2N=Nc2ccc(O)cc2)cc1. The van der Waals surface area contributed by atoms with Crippen molar-refractivity contribution in [3.63, 3.8) is 0 Å². The molecule has 0 aliphatic rings. The highest BCUT2D eigenvalue weighted by atomic mass is 16.3. The van der Waals surface area contributed by atoms with Gasteiger partial charge < -0.3 is 5.11 Å². The van der Waals surface area contributed by atoms with Crippen LogP contribution in [-0.2, 0) is 6.42 Å². The zero-order valence-electron chi connectivity index (χ0n) is 15.3. The van der Waals surface area contributed by atoms with Gasteiger partial charge in [0, 0.05) is 11.8 Å². The third-order valence-corrected chi connectivity index (χ3v) is 4.49. The van der Waals surface area contributed by atoms with E-state index in [9.17, 15) is 5.11 Å². The van der Waals surface area contributed by atoms with Crippen molar-refractivity contribution >= 4 is 17.2 Å². The van der Waals surface area contributed by atoms with Crippen molar-refractivity contribution in [2.45, 2.75) is 20.3 Å². The van der Waals surface area contributed by atoms with Crippen molar-refractivity contribution in [2.24, 2.45) is 10.2 Å². The van der Waals surface area contributed by atoms with E-state index in [1.807, 2.05) is 29.7 Å². The van der Waals surface area contributed by atoms with Crippen LogP contribution in [0.3, 0.4) is 0 Å². The summed E-state index contributed by atoms with van der Waals surface area (Å²) >= 11 is 0. The smallest absolute Gasteiger partial charge is 0.187 e. The maximum atomic E-state index is 9.43. The number of fused-ring (bicyclic) bond motifs is 1. The Morgan fingerprint density at radius 2 is 1.67 bits per heavy atom. The van der Waals surface area contributed by atoms with Crippen molar-refractivity contribution in [1.29, 1.82) is 0 Å². The average molecular weight is 356 g/mol. The number of azo groups is 1. The number of imidazole rings is 1. The number of rotatable bonds is 4. The lowest BCUT2D eigenvalue weighted by Crippen LogP contribution is -1.85. The number of nitrogens with zero attached hydrogens (tertiary/aromatic N) is 4. The average Bonchev–Trinajstić information content (AvgIpc) is 3.05. The van der Waals surface area contributed by atoms with Crippen LogP contribution in [0.2, 0.25) is 0 Å². The maximum absolute atomic E-state index is 9.43. The fraction of sp³-hybridized carbons (Fsp3) is 0.136. The summed E-state index contributed by atoms with van der Waals surface area (Å²) in [5.74, 6) is 0.891. The second kappa shape index (κ2) is 7.03. The number of hydrogen-bond acceptors (Lipinski definition) is 4. The molecular weight excluding hydrogens is 336 g/mol. The molecule has 0 saturated heterocycles. The standard InChI is InChI=1S/C22H20N4O/c1-3-16-5-7-17(8-6-16)21-22(25-24-18-9-11-19(27)12-10-18)26-14-15(2)4-13-20(26)23-21/h4-14,27H,3H2,1-2H3. The van der Waals surface area contributed by atoms with Crippen LogP contribution in [-0.4, -0.2) is 14.5 Å². The van der Waals surface area contributed by atoms with E-state index in [1.54, 1.807) is 24.3 Å². The van der Waals surface area contributed by atoms with Crippen molar-refractivity contribution in [2.75, 3.05) is 0 Å². The number of aryl methyl sites for hydroxylation is 2. The Labute approximate surface area is 157 Å². The topological polar surface area (TPSA) is 62.2 Å². The van der Waals surface area contributed by atoms with Crippen LogP contribution in [0, 0.1) is 6.92 Å². The van der Waals surface area contributed by atoms with E-state index < -0.39 is 0 Å². The third kappa shape index (κ3) is 3.44. The Balaban J connectivity index is 1.84. The molecule has 2 aromatic heterocycles. The molecule has 4 aromatic rings. The first kappa shape index (κ1) is 17.0. The lowest BCUT2D eigenvalue weighted by molar-refractivity contribution is 0.475. The first-order chi connectivity index (χ1) is 13.1. The molecule has 0 aliphatic heterocycles. The van der Waals surface area contributed by atoms with Gasteiger partial charge in [0.1, 0.15) is 17.1 Å². The van der Waals surface area contributed by atoms with Crippen LogP contribution in [0.4, 0.5) is 11.5 Å². The third-order valence-electron chi connectivity index (χ3n) is 4.49. The molecule has 2 aromatic carbocycles. The van der Waals surface area contributed by atoms with E-state index in [2.05, 4.69) is 41.4 Å². The lowest BCUT2D eigenvalue weighted by Gasteiger charge is -2.02. The minimum Gasteiger partial charge on any atom is -0.508 e. The minimum atomic E-state index is 0.205. The van der Waals surface area contributed by atoms with E-state index >= 15 is 0 Å². The molecule has 0 spiro atoms. The van der Waals surface area contributed by atoms with E-state index in [4.69, 9.17) is 4.98 Å². The Morgan fingerprint density at radius 1 is 0.926 bits per heavy atom. The fourth-order valence-electron chi connectivity index (χ4n) is 2.95. The van der Waals surface area contributed by atoms with Crippen molar-refractivity contribution in [1.82, 2.24) is 9.38 Å². The Hall–Kier alpha value is -3.47. The van der Waals surface area contributed by atoms with Crippen LogP contribution in [0.15, 0.2) is 77.1 Å². The highest BCUT2D eigenvalue weighted by molar-refractivity contribution is 5.74. The number of aromatic nitrogens is 2. The Bertz CT molecular complexity index is 1110. The fourth-order valence-corrected chi connectivity index (χ4v) is 2.95. The molecule has 5 heteroatoms. The van der Waals surface area contributed by atoms with E-state index in [0.29, 0.717) is 11.5 Å². The van der Waals surface area contributed by atoms with Gasteiger partial charge in [-0.1, -0.05) is 37.3 Å². The van der Waals surface area contributed by atoms with Gasteiger partial charge in [0.2, 0.25) is 0 Å². The summed E-state index contributed by atoms with van der Waals surface area (Å²) in [6, 6.07) is 19.0. The van der Waals surface area contributed by atoms with Gasteiger partial charge in [-0.05, 0) is 54.8 Å². The molecule has 4 rings (SSSR count). The van der Waals surface area contributed by atoms with Gasteiger partial charge in [0.05, 0.1) is 5.69 Å². The number of aromatic hydroxyl groups is 1. The van der Waals surface area contributed by atoms with Crippen LogP contribution >= 0.6 is 0 Å². The molecule has 0 atom stereocenters. The monoisotopic (exact) mass is 356 g/mol. The van der Waals surface area contributed by atoms with Gasteiger partial charge in [0.15, 0.2) is 5.82 Å². The van der Waals surface area contributed by atoms with E-state index in [-0.39, 0.29) is 5.75 Å². The van der Waals surface area contributed by atoms with Gasteiger partial charge in [-0.2, -0.15) is 0 Å². The molecule has 0 radical (unpaired) electrons. The van der Waals surface area contributed by atoms with E-state index in [0.717, 1.165) is 28.9 Å². The van der Waals surface area contributed by atoms with Gasteiger partial charge in [-0.3, -0.25) is 4.40 Å². The summed E-state index contributed by atoms with van der Waals surface area (Å²) in [5, 5.41) is 18.3. The summed E-state index contributed by atoms with van der Waals surface area (Å²) < 4.78 is 1.96. The maximum Gasteiger partial charge on any atom is 0.187 e. The van der Waals surface area contributed by atoms with Crippen LogP contribution in [0.1, 0.15) is 18.1 Å². The van der Waals surface area contributed by atoms with Gasteiger partial charge in [0.25, 0.3) is 0 Å². The number of phenols is 1. The summed E-state index contributed by atoms with van der Waals surface area (Å²) in [5.41, 5.74) is 5.70. The molecule has 0 unspecified atom stereocenters. The Kier molecular flexibility index (Phi) is 4.42. The normalized spacial score (nSPS) is 11.5. The highest BCUT2D eigenvalue weighted by Crippen LogP contribution is 2.33. The van der Waals surface area contributed by atoms with Gasteiger partial charge >= 0.3 is 0 Å². The second-order valence-corrected chi connectivity index (χ2v) is 6.49. The molecule has 1 N–H and O–H groups in total. The summed E-state index contributed by atoms with van der Waals surface area (Å²) in [7, 11) is 0. The van der Waals surface area contributed by atoms with Crippen molar-refractivity contribution in [3.05, 3.63) is 78.0 Å². The Morgan fingerprint density at radius 3 is 2.37 bits per heavy atom. The molecule has 27 heavy (non-hydrogen) atoms. The number of phenolic OH excluding ortho intramolecular Hbond substituents is 1. The zero-order chi connectivity index (χ0) is 18.8. The first-order valence-electron chi connectivity index (χ1n) is 8.93. The van der Waals surface area contributed by atoms with Crippen molar-refractivity contribution < 1.29 is 5.11 Å². The number of hydrogen-bond donors (Lipinski definition) is 1. The summed E-state index contributed by atoms with van der Waals surface area (Å²) in [6.07, 6.45) is 3.01. The molecule has 0 aliphatic carbocycles. The molecule has 5 nitrogen and oxygen atoms in total. The van der Waals surface area contributed by atoms with Gasteiger partial charge in [-0.25, -0.2) is 4.98 Å². The molecule has 0 bridgehead atoms.